The zero-order valence-electron chi connectivity index (χ0n) is 16.9. The molecule has 0 radical (unpaired) electrons. The van der Waals surface area contributed by atoms with E-state index in [4.69, 9.17) is 23.2 Å². The van der Waals surface area contributed by atoms with E-state index in [1.54, 1.807) is 4.90 Å². The van der Waals surface area contributed by atoms with Crippen LogP contribution in [0.15, 0.2) is 78.9 Å². The van der Waals surface area contributed by atoms with Crippen molar-refractivity contribution in [1.29, 1.82) is 0 Å². The molecule has 8 heteroatoms. The number of amides is 1. The highest BCUT2D eigenvalue weighted by Gasteiger charge is 2.25. The molecule has 5 nitrogen and oxygen atoms in total. The highest BCUT2D eigenvalue weighted by Crippen LogP contribution is 2.27. The van der Waals surface area contributed by atoms with Crippen molar-refractivity contribution in [3.8, 4) is 0 Å². The number of rotatable bonds is 8. The Kier molecular flexibility index (Phi) is 7.59. The maximum atomic E-state index is 13.3. The summed E-state index contributed by atoms with van der Waals surface area (Å²) < 4.78 is 26.0. The average molecular weight is 477 g/mol. The van der Waals surface area contributed by atoms with Gasteiger partial charge in [0.25, 0.3) is 0 Å². The van der Waals surface area contributed by atoms with Gasteiger partial charge in [-0.15, -0.1) is 0 Å². The second-order valence-corrected chi connectivity index (χ2v) is 9.90. The fraction of sp³-hybridized carbons (Fsp3) is 0.174. The number of halogens is 2. The van der Waals surface area contributed by atoms with E-state index in [-0.39, 0.29) is 28.2 Å². The standard InChI is InChI=1S/C23H22Cl2N2O3S/c1-31(29,30)27(22-13-20(24)12-21(25)14-22)17-23(28)26(15-18-8-4-2-5-9-18)16-19-10-6-3-7-11-19/h2-14H,15-17H2,1H3. The summed E-state index contributed by atoms with van der Waals surface area (Å²) in [5, 5.41) is 0.572. The second kappa shape index (κ2) is 10.2. The molecule has 0 spiro atoms. The number of nitrogens with zero attached hydrogens (tertiary/aromatic N) is 2. The Morgan fingerprint density at radius 1 is 0.806 bits per heavy atom. The van der Waals surface area contributed by atoms with E-state index >= 15 is 0 Å². The molecule has 0 fully saturated rings. The Morgan fingerprint density at radius 3 is 1.68 bits per heavy atom. The molecule has 3 aromatic rings. The van der Waals surface area contributed by atoms with E-state index in [2.05, 4.69) is 0 Å². The number of sulfonamides is 1. The van der Waals surface area contributed by atoms with Gasteiger partial charge in [-0.3, -0.25) is 9.10 Å². The Labute approximate surface area is 192 Å². The molecule has 0 aromatic heterocycles. The summed E-state index contributed by atoms with van der Waals surface area (Å²) in [5.41, 5.74) is 2.14. The average Bonchev–Trinajstić information content (AvgIpc) is 2.71. The van der Waals surface area contributed by atoms with Crippen molar-refractivity contribution >= 4 is 44.8 Å². The lowest BCUT2D eigenvalue weighted by Gasteiger charge is -2.28. The minimum absolute atomic E-state index is 0.243. The highest BCUT2D eigenvalue weighted by molar-refractivity contribution is 7.92. The van der Waals surface area contributed by atoms with E-state index in [1.165, 1.54) is 18.2 Å². The van der Waals surface area contributed by atoms with Crippen LogP contribution in [0.5, 0.6) is 0 Å². The zero-order chi connectivity index (χ0) is 22.4. The van der Waals surface area contributed by atoms with Crippen LogP contribution in [0.4, 0.5) is 5.69 Å². The third-order valence-corrected chi connectivity index (χ3v) is 6.18. The number of carbonyl (C=O) groups is 1. The van der Waals surface area contributed by atoms with Gasteiger partial charge in [0.1, 0.15) is 6.54 Å². The van der Waals surface area contributed by atoms with Gasteiger partial charge in [-0.1, -0.05) is 83.9 Å². The maximum Gasteiger partial charge on any atom is 0.243 e. The third kappa shape index (κ3) is 6.72. The summed E-state index contributed by atoms with van der Waals surface area (Å²) in [6, 6.07) is 23.6. The van der Waals surface area contributed by atoms with Crippen LogP contribution in [0, 0.1) is 0 Å². The number of anilines is 1. The van der Waals surface area contributed by atoms with Gasteiger partial charge in [0.15, 0.2) is 0 Å². The van der Waals surface area contributed by atoms with Gasteiger partial charge in [0.05, 0.1) is 11.9 Å². The molecule has 31 heavy (non-hydrogen) atoms. The molecule has 1 amide bonds. The lowest BCUT2D eigenvalue weighted by molar-refractivity contribution is -0.130. The van der Waals surface area contributed by atoms with Crippen molar-refractivity contribution in [3.63, 3.8) is 0 Å². The van der Waals surface area contributed by atoms with Gasteiger partial charge in [-0.05, 0) is 29.3 Å². The van der Waals surface area contributed by atoms with Crippen LogP contribution in [0.1, 0.15) is 11.1 Å². The van der Waals surface area contributed by atoms with Crippen molar-refractivity contribution < 1.29 is 13.2 Å². The van der Waals surface area contributed by atoms with Crippen LogP contribution < -0.4 is 4.31 Å². The van der Waals surface area contributed by atoms with E-state index in [0.29, 0.717) is 13.1 Å². The van der Waals surface area contributed by atoms with Crippen molar-refractivity contribution in [2.24, 2.45) is 0 Å². The molecule has 3 rings (SSSR count). The Bertz CT molecular complexity index is 1080. The first-order chi connectivity index (χ1) is 14.7. The van der Waals surface area contributed by atoms with Crippen molar-refractivity contribution in [2.75, 3.05) is 17.1 Å². The van der Waals surface area contributed by atoms with Gasteiger partial charge in [0, 0.05) is 23.1 Å². The van der Waals surface area contributed by atoms with Crippen LogP contribution in [0.3, 0.4) is 0 Å². The lowest BCUT2D eigenvalue weighted by Crippen LogP contribution is -2.42. The SMILES string of the molecule is CS(=O)(=O)N(CC(=O)N(Cc1ccccc1)Cc1ccccc1)c1cc(Cl)cc(Cl)c1. The maximum absolute atomic E-state index is 13.3. The molecule has 0 N–H and O–H groups in total. The van der Waals surface area contributed by atoms with Crippen LogP contribution in [-0.4, -0.2) is 32.0 Å². The Balaban J connectivity index is 1.90. The molecule has 0 atom stereocenters. The second-order valence-electron chi connectivity index (χ2n) is 7.12. The molecular weight excluding hydrogens is 455 g/mol. The third-order valence-electron chi connectivity index (χ3n) is 4.60. The van der Waals surface area contributed by atoms with Crippen LogP contribution in [-0.2, 0) is 27.9 Å². The summed E-state index contributed by atoms with van der Waals surface area (Å²) in [4.78, 5) is 14.9. The summed E-state index contributed by atoms with van der Waals surface area (Å²) in [5.74, 6) is -0.339. The molecule has 162 valence electrons. The molecule has 0 aliphatic heterocycles. The predicted molar refractivity (Wildman–Crippen MR) is 126 cm³/mol. The minimum atomic E-state index is -3.76. The summed E-state index contributed by atoms with van der Waals surface area (Å²) in [6.07, 6.45) is 1.05. The molecule has 3 aromatic carbocycles. The molecule has 0 bridgehead atoms. The van der Waals surface area contributed by atoms with E-state index < -0.39 is 10.0 Å². The van der Waals surface area contributed by atoms with Gasteiger partial charge in [-0.25, -0.2) is 8.42 Å². The van der Waals surface area contributed by atoms with E-state index in [1.807, 2.05) is 60.7 Å². The monoisotopic (exact) mass is 476 g/mol. The van der Waals surface area contributed by atoms with Crippen molar-refractivity contribution in [3.05, 3.63) is 100 Å². The predicted octanol–water partition coefficient (Wildman–Crippen LogP) is 4.99. The largest absolute Gasteiger partial charge is 0.332 e. The Hall–Kier alpha value is -2.54. The molecule has 0 aliphatic carbocycles. The van der Waals surface area contributed by atoms with Crippen LogP contribution in [0.2, 0.25) is 10.0 Å². The van der Waals surface area contributed by atoms with E-state index in [0.717, 1.165) is 21.7 Å². The first kappa shape index (κ1) is 23.1. The first-order valence-electron chi connectivity index (χ1n) is 9.52. The van der Waals surface area contributed by atoms with Gasteiger partial charge >= 0.3 is 0 Å². The molecule has 0 unspecified atom stereocenters. The normalized spacial score (nSPS) is 11.2. The minimum Gasteiger partial charge on any atom is -0.332 e. The van der Waals surface area contributed by atoms with Crippen LogP contribution >= 0.6 is 23.2 Å². The van der Waals surface area contributed by atoms with Gasteiger partial charge in [0.2, 0.25) is 15.9 Å². The summed E-state index contributed by atoms with van der Waals surface area (Å²) >= 11 is 12.1. The van der Waals surface area contributed by atoms with Crippen molar-refractivity contribution in [1.82, 2.24) is 4.90 Å². The van der Waals surface area contributed by atoms with E-state index in [9.17, 15) is 13.2 Å². The lowest BCUT2D eigenvalue weighted by atomic mass is 10.1. The number of hydrogen-bond donors (Lipinski definition) is 0. The van der Waals surface area contributed by atoms with Gasteiger partial charge < -0.3 is 4.90 Å². The molecular formula is C23H22Cl2N2O3S. The smallest absolute Gasteiger partial charge is 0.243 e. The number of benzene rings is 3. The van der Waals surface area contributed by atoms with Gasteiger partial charge in [-0.2, -0.15) is 0 Å². The fourth-order valence-electron chi connectivity index (χ4n) is 3.15. The first-order valence-corrected chi connectivity index (χ1v) is 12.1. The number of hydrogen-bond acceptors (Lipinski definition) is 3. The molecule has 0 saturated carbocycles. The molecule has 0 saturated heterocycles. The molecule has 0 heterocycles. The quantitative estimate of drug-likeness (QED) is 0.460. The number of carbonyl (C=O) groups excluding carboxylic acids is 1. The zero-order valence-corrected chi connectivity index (χ0v) is 19.2. The highest BCUT2D eigenvalue weighted by atomic mass is 35.5. The van der Waals surface area contributed by atoms with Crippen LogP contribution in [0.25, 0.3) is 0 Å². The Morgan fingerprint density at radius 2 is 1.26 bits per heavy atom. The summed E-state index contributed by atoms with van der Waals surface area (Å²) in [7, 11) is -3.76. The molecule has 0 aliphatic rings. The van der Waals surface area contributed by atoms with Crippen molar-refractivity contribution in [2.45, 2.75) is 13.1 Å². The topological polar surface area (TPSA) is 57.7 Å². The fourth-order valence-corrected chi connectivity index (χ4v) is 4.49. The summed E-state index contributed by atoms with van der Waals surface area (Å²) in [6.45, 7) is 0.333.